The van der Waals surface area contributed by atoms with Crippen molar-refractivity contribution in [3.63, 3.8) is 0 Å². The van der Waals surface area contributed by atoms with Crippen LogP contribution in [0.2, 0.25) is 0 Å². The van der Waals surface area contributed by atoms with Crippen molar-refractivity contribution >= 4 is 17.5 Å². The number of rotatable bonds is 5. The molecule has 1 aromatic rings. The molecule has 0 radical (unpaired) electrons. The minimum Gasteiger partial charge on any atom is -0.481 e. The Balaban J connectivity index is 2.83. The third kappa shape index (κ3) is 3.40. The number of anilines is 1. The maximum Gasteiger partial charge on any atom is 0.314 e. The molecule has 17 heavy (non-hydrogen) atoms. The van der Waals surface area contributed by atoms with Crippen LogP contribution >= 0.6 is 0 Å². The van der Waals surface area contributed by atoms with E-state index in [4.69, 9.17) is 10.8 Å². The van der Waals surface area contributed by atoms with Crippen LogP contribution in [0.4, 0.5) is 11.5 Å². The smallest absolute Gasteiger partial charge is 0.314 e. The van der Waals surface area contributed by atoms with Gasteiger partial charge in [0.1, 0.15) is 0 Å². The molecule has 1 aromatic heterocycles. The quantitative estimate of drug-likeness (QED) is 0.590. The third-order valence-corrected chi connectivity index (χ3v) is 2.27. The van der Waals surface area contributed by atoms with E-state index in [0.29, 0.717) is 24.1 Å². The SMILES string of the molecule is Cc1cc(CCCC(=O)O)nc(N)c1[N+](=O)[O-]. The number of carboxylic acid groups (broad SMARTS) is 1. The zero-order chi connectivity index (χ0) is 13.0. The number of nitrogen functional groups attached to an aromatic ring is 1. The number of carbonyl (C=O) groups is 1. The molecule has 0 amide bonds. The van der Waals surface area contributed by atoms with E-state index in [0.717, 1.165) is 0 Å². The summed E-state index contributed by atoms with van der Waals surface area (Å²) in [5.74, 6) is -1.00. The van der Waals surface area contributed by atoms with E-state index >= 15 is 0 Å². The summed E-state index contributed by atoms with van der Waals surface area (Å²) < 4.78 is 0. The van der Waals surface area contributed by atoms with Gasteiger partial charge < -0.3 is 10.8 Å². The molecule has 0 aliphatic heterocycles. The lowest BCUT2D eigenvalue weighted by molar-refractivity contribution is -0.384. The number of aliphatic carboxylic acids is 1. The van der Waals surface area contributed by atoms with E-state index in [2.05, 4.69) is 4.98 Å². The monoisotopic (exact) mass is 239 g/mol. The molecule has 7 heteroatoms. The van der Waals surface area contributed by atoms with Gasteiger partial charge in [0.2, 0.25) is 5.82 Å². The first-order valence-electron chi connectivity index (χ1n) is 5.04. The maximum atomic E-state index is 10.7. The second-order valence-corrected chi connectivity index (χ2v) is 3.67. The van der Waals surface area contributed by atoms with E-state index in [1.54, 1.807) is 13.0 Å². The standard InChI is InChI=1S/C10H13N3O4/c1-6-5-7(3-2-4-8(14)15)12-10(11)9(6)13(16)17/h5H,2-4H2,1H3,(H2,11,12)(H,14,15). The van der Waals surface area contributed by atoms with Gasteiger partial charge in [-0.05, 0) is 25.8 Å². The second kappa shape index (κ2) is 5.24. The highest BCUT2D eigenvalue weighted by Crippen LogP contribution is 2.24. The number of nitrogens with two attached hydrogens (primary N) is 1. The fourth-order valence-corrected chi connectivity index (χ4v) is 1.55. The minimum absolute atomic E-state index is 0.0393. The van der Waals surface area contributed by atoms with Gasteiger partial charge in [-0.15, -0.1) is 0 Å². The molecule has 0 spiro atoms. The van der Waals surface area contributed by atoms with Gasteiger partial charge in [-0.1, -0.05) is 0 Å². The van der Waals surface area contributed by atoms with Crippen LogP contribution in [0.15, 0.2) is 6.07 Å². The predicted octanol–water partition coefficient (Wildman–Crippen LogP) is 1.29. The summed E-state index contributed by atoms with van der Waals surface area (Å²) >= 11 is 0. The van der Waals surface area contributed by atoms with Crippen molar-refractivity contribution in [3.05, 3.63) is 27.4 Å². The molecular weight excluding hydrogens is 226 g/mol. The van der Waals surface area contributed by atoms with Gasteiger partial charge in [0, 0.05) is 17.7 Å². The Hall–Kier alpha value is -2.18. The molecule has 0 saturated heterocycles. The first-order valence-corrected chi connectivity index (χ1v) is 5.04. The molecule has 92 valence electrons. The number of aryl methyl sites for hydroxylation is 2. The van der Waals surface area contributed by atoms with E-state index in [1.807, 2.05) is 0 Å². The average molecular weight is 239 g/mol. The summed E-state index contributed by atoms with van der Waals surface area (Å²) in [6.07, 6.45) is 0.909. The molecule has 3 N–H and O–H groups in total. The number of aromatic nitrogens is 1. The zero-order valence-corrected chi connectivity index (χ0v) is 9.34. The number of pyridine rings is 1. The Kier molecular flexibility index (Phi) is 3.97. The summed E-state index contributed by atoms with van der Waals surface area (Å²) in [6.45, 7) is 1.58. The van der Waals surface area contributed by atoms with Crippen LogP contribution in [0.25, 0.3) is 0 Å². The lowest BCUT2D eigenvalue weighted by atomic mass is 10.1. The molecule has 0 saturated carbocycles. The fourth-order valence-electron chi connectivity index (χ4n) is 1.55. The van der Waals surface area contributed by atoms with Crippen molar-refractivity contribution in [2.75, 3.05) is 5.73 Å². The van der Waals surface area contributed by atoms with Gasteiger partial charge in [-0.25, -0.2) is 4.98 Å². The van der Waals surface area contributed by atoms with E-state index < -0.39 is 10.9 Å². The van der Waals surface area contributed by atoms with Gasteiger partial charge in [0.05, 0.1) is 4.92 Å². The number of nitrogens with zero attached hydrogens (tertiary/aromatic N) is 2. The van der Waals surface area contributed by atoms with Crippen molar-refractivity contribution in [2.24, 2.45) is 0 Å². The third-order valence-electron chi connectivity index (χ3n) is 2.27. The maximum absolute atomic E-state index is 10.7. The Morgan fingerprint density at radius 1 is 1.65 bits per heavy atom. The second-order valence-electron chi connectivity index (χ2n) is 3.67. The van der Waals surface area contributed by atoms with Gasteiger partial charge >= 0.3 is 11.7 Å². The molecule has 0 aromatic carbocycles. The van der Waals surface area contributed by atoms with Crippen LogP contribution in [0.1, 0.15) is 24.1 Å². The molecule has 0 atom stereocenters. The molecule has 1 rings (SSSR count). The zero-order valence-electron chi connectivity index (χ0n) is 9.34. The van der Waals surface area contributed by atoms with Crippen molar-refractivity contribution in [3.8, 4) is 0 Å². The van der Waals surface area contributed by atoms with Crippen LogP contribution < -0.4 is 5.73 Å². The largest absolute Gasteiger partial charge is 0.481 e. The molecule has 0 aliphatic carbocycles. The number of carboxylic acids is 1. The molecule has 0 fully saturated rings. The lowest BCUT2D eigenvalue weighted by Gasteiger charge is -2.04. The van der Waals surface area contributed by atoms with E-state index in [9.17, 15) is 14.9 Å². The molecule has 0 aliphatic rings. The highest BCUT2D eigenvalue weighted by Gasteiger charge is 2.17. The summed E-state index contributed by atoms with van der Waals surface area (Å²) in [5.41, 5.74) is 6.31. The fraction of sp³-hybridized carbons (Fsp3) is 0.400. The van der Waals surface area contributed by atoms with Crippen molar-refractivity contribution in [1.82, 2.24) is 4.98 Å². The molecule has 0 unspecified atom stereocenters. The Bertz CT molecular complexity index is 436. The number of hydrogen-bond acceptors (Lipinski definition) is 5. The van der Waals surface area contributed by atoms with E-state index in [-0.39, 0.29) is 17.9 Å². The number of hydrogen-bond donors (Lipinski definition) is 2. The minimum atomic E-state index is -0.878. The van der Waals surface area contributed by atoms with Crippen molar-refractivity contribution in [2.45, 2.75) is 26.2 Å². The first-order chi connectivity index (χ1) is 7.91. The van der Waals surface area contributed by atoms with Crippen molar-refractivity contribution < 1.29 is 14.8 Å². The van der Waals surface area contributed by atoms with Gasteiger partial charge in [0.25, 0.3) is 0 Å². The van der Waals surface area contributed by atoms with Gasteiger partial charge in [-0.2, -0.15) is 0 Å². The Morgan fingerprint density at radius 3 is 2.76 bits per heavy atom. The predicted molar refractivity (Wildman–Crippen MR) is 60.6 cm³/mol. The highest BCUT2D eigenvalue weighted by molar-refractivity contribution is 5.66. The summed E-state index contributed by atoms with van der Waals surface area (Å²) in [5, 5.41) is 19.1. The number of nitro groups is 1. The van der Waals surface area contributed by atoms with Gasteiger partial charge in [0.15, 0.2) is 0 Å². The van der Waals surface area contributed by atoms with Crippen LogP contribution in [0.3, 0.4) is 0 Å². The summed E-state index contributed by atoms with van der Waals surface area (Å²) in [6, 6.07) is 1.57. The van der Waals surface area contributed by atoms with Crippen LogP contribution in [-0.4, -0.2) is 21.0 Å². The Morgan fingerprint density at radius 2 is 2.29 bits per heavy atom. The molecule has 1 heterocycles. The summed E-state index contributed by atoms with van der Waals surface area (Å²) in [7, 11) is 0. The van der Waals surface area contributed by atoms with E-state index in [1.165, 1.54) is 0 Å². The Labute approximate surface area is 97.4 Å². The average Bonchev–Trinajstić information content (AvgIpc) is 2.14. The van der Waals surface area contributed by atoms with Crippen LogP contribution in [0, 0.1) is 17.0 Å². The topological polar surface area (TPSA) is 119 Å². The highest BCUT2D eigenvalue weighted by atomic mass is 16.6. The lowest BCUT2D eigenvalue weighted by Crippen LogP contribution is -2.04. The van der Waals surface area contributed by atoms with Crippen LogP contribution in [-0.2, 0) is 11.2 Å². The van der Waals surface area contributed by atoms with Crippen LogP contribution in [0.5, 0.6) is 0 Å². The molecule has 7 nitrogen and oxygen atoms in total. The first kappa shape index (κ1) is 12.9. The summed E-state index contributed by atoms with van der Waals surface area (Å²) in [4.78, 5) is 24.3. The molecular formula is C10H13N3O4. The van der Waals surface area contributed by atoms with Gasteiger partial charge in [-0.3, -0.25) is 14.9 Å². The molecule has 0 bridgehead atoms. The normalized spacial score (nSPS) is 10.2. The van der Waals surface area contributed by atoms with Crippen molar-refractivity contribution in [1.29, 1.82) is 0 Å².